The van der Waals surface area contributed by atoms with E-state index in [0.717, 1.165) is 25.7 Å². The van der Waals surface area contributed by atoms with Crippen LogP contribution in [0.4, 0.5) is 0 Å². The summed E-state index contributed by atoms with van der Waals surface area (Å²) in [7, 11) is 0. The maximum atomic E-state index is 11.4. The zero-order chi connectivity index (χ0) is 19.1. The Labute approximate surface area is 162 Å². The van der Waals surface area contributed by atoms with E-state index in [-0.39, 0.29) is 0 Å². The first-order valence-electron chi connectivity index (χ1n) is 11.5. The van der Waals surface area contributed by atoms with Gasteiger partial charge in [0.2, 0.25) is 0 Å². The number of nitrogens with zero attached hydrogens (tertiary/aromatic N) is 1. The minimum absolute atomic E-state index is 0.315. The van der Waals surface area contributed by atoms with Crippen molar-refractivity contribution < 1.29 is 14.8 Å². The summed E-state index contributed by atoms with van der Waals surface area (Å²) in [5, 5.41) is 0.315. The highest BCUT2D eigenvalue weighted by Gasteiger charge is 2.11. The van der Waals surface area contributed by atoms with Crippen molar-refractivity contribution in [2.24, 2.45) is 0 Å². The van der Waals surface area contributed by atoms with Gasteiger partial charge in [-0.2, -0.15) is 9.68 Å². The lowest BCUT2D eigenvalue weighted by molar-refractivity contribution is -0.981. The summed E-state index contributed by atoms with van der Waals surface area (Å²) in [6.45, 7) is 5.44. The van der Waals surface area contributed by atoms with Crippen LogP contribution in [0.25, 0.3) is 0 Å². The largest absolute Gasteiger partial charge is 0.477 e. The van der Waals surface area contributed by atoms with Gasteiger partial charge < -0.3 is 0 Å². The third kappa shape index (κ3) is 21.2. The number of hydrogen-bond acceptors (Lipinski definition) is 3. The monoisotopic (exact) mass is 372 g/mol. The topological polar surface area (TPSA) is 38.5 Å². The normalized spacial score (nSPS) is 10.8. The van der Waals surface area contributed by atoms with Crippen LogP contribution in [0.5, 0.6) is 0 Å². The van der Waals surface area contributed by atoms with Gasteiger partial charge in [0.25, 0.3) is 0 Å². The van der Waals surface area contributed by atoms with Gasteiger partial charge in [0.15, 0.2) is 13.2 Å². The quantitative estimate of drug-likeness (QED) is 0.144. The van der Waals surface area contributed by atoms with Gasteiger partial charge in [-0.1, -0.05) is 104 Å². The van der Waals surface area contributed by atoms with Gasteiger partial charge >= 0.3 is 5.09 Å². The Morgan fingerprint density at radius 1 is 0.462 bits per heavy atom. The standard InChI is InChI=1S/C22H46NO3/c1-3-5-7-9-11-13-15-17-19-21-25-23(24)26-22-20-18-16-14-12-10-8-6-4-2/h3-22H2,1-2H3/q+1. The molecule has 0 aliphatic carbocycles. The number of rotatable bonds is 22. The molecule has 0 aromatic heterocycles. The van der Waals surface area contributed by atoms with E-state index in [0.29, 0.717) is 18.3 Å². The molecule has 0 aromatic rings. The van der Waals surface area contributed by atoms with Crippen molar-refractivity contribution in [3.63, 3.8) is 0 Å². The molecular weight excluding hydrogens is 326 g/mol. The van der Waals surface area contributed by atoms with Gasteiger partial charge in [-0.3, -0.25) is 0 Å². The minimum Gasteiger partial charge on any atom is -0.187 e. The van der Waals surface area contributed by atoms with Crippen molar-refractivity contribution in [1.29, 1.82) is 0 Å². The molecule has 0 saturated heterocycles. The van der Waals surface area contributed by atoms with Crippen LogP contribution < -0.4 is 0 Å². The molecule has 0 aliphatic heterocycles. The highest BCUT2D eigenvalue weighted by atomic mass is 17.0. The number of unbranched alkanes of at least 4 members (excludes halogenated alkanes) is 16. The summed E-state index contributed by atoms with van der Waals surface area (Å²) in [5.74, 6) is 0. The fourth-order valence-corrected chi connectivity index (χ4v) is 3.14. The lowest BCUT2D eigenvalue weighted by atomic mass is 10.1. The molecule has 4 heteroatoms. The van der Waals surface area contributed by atoms with E-state index in [1.165, 1.54) is 89.9 Å². The first kappa shape index (κ1) is 25.2. The van der Waals surface area contributed by atoms with Crippen molar-refractivity contribution >= 4 is 0 Å². The zero-order valence-corrected chi connectivity index (χ0v) is 17.8. The Morgan fingerprint density at radius 3 is 1.04 bits per heavy atom. The van der Waals surface area contributed by atoms with Crippen molar-refractivity contribution in [1.82, 2.24) is 0 Å². The zero-order valence-electron chi connectivity index (χ0n) is 17.8. The Hall–Kier alpha value is -0.800. The van der Waals surface area contributed by atoms with E-state index >= 15 is 0 Å². The van der Waals surface area contributed by atoms with E-state index in [1.807, 2.05) is 0 Å². The minimum atomic E-state index is 0.315. The van der Waals surface area contributed by atoms with Gasteiger partial charge in [0, 0.05) is 0 Å². The van der Waals surface area contributed by atoms with Crippen molar-refractivity contribution in [2.75, 3.05) is 13.2 Å². The molecule has 0 aliphatic rings. The van der Waals surface area contributed by atoms with Crippen LogP contribution in [0.3, 0.4) is 0 Å². The molecule has 156 valence electrons. The predicted molar refractivity (Wildman–Crippen MR) is 110 cm³/mol. The third-order valence-electron chi connectivity index (χ3n) is 4.89. The molecule has 0 aromatic carbocycles. The van der Waals surface area contributed by atoms with Crippen molar-refractivity contribution in [3.05, 3.63) is 4.91 Å². The lowest BCUT2D eigenvalue weighted by Gasteiger charge is -2.01. The molecule has 0 fully saturated rings. The molecule has 0 spiro atoms. The molecule has 0 amide bonds. The second kappa shape index (κ2) is 22.2. The molecule has 26 heavy (non-hydrogen) atoms. The summed E-state index contributed by atoms with van der Waals surface area (Å²) >= 11 is 0. The average molecular weight is 373 g/mol. The molecule has 0 N–H and O–H groups in total. The summed E-state index contributed by atoms with van der Waals surface area (Å²) in [4.78, 5) is 21.5. The molecule has 0 bridgehead atoms. The van der Waals surface area contributed by atoms with Gasteiger partial charge in [-0.25, -0.2) is 0 Å². The summed E-state index contributed by atoms with van der Waals surface area (Å²) in [5.41, 5.74) is 0. The molecular formula is C22H46NO3+. The van der Waals surface area contributed by atoms with Gasteiger partial charge in [0.1, 0.15) is 4.91 Å². The van der Waals surface area contributed by atoms with Crippen LogP contribution in [0.15, 0.2) is 0 Å². The van der Waals surface area contributed by atoms with Crippen LogP contribution in [0.1, 0.15) is 129 Å². The Morgan fingerprint density at radius 2 is 0.731 bits per heavy atom. The fraction of sp³-hybridized carbons (Fsp3) is 1.00. The second-order valence-corrected chi connectivity index (χ2v) is 7.55. The van der Waals surface area contributed by atoms with Gasteiger partial charge in [-0.15, -0.1) is 0 Å². The SMILES string of the molecule is CCCCCCCCCCCO[N+](=O)OCCCCCCCCCCC. The first-order chi connectivity index (χ1) is 12.8. The summed E-state index contributed by atoms with van der Waals surface area (Å²) < 4.78 is 0. The summed E-state index contributed by atoms with van der Waals surface area (Å²) in [6.07, 6.45) is 22.8. The predicted octanol–water partition coefficient (Wildman–Crippen LogP) is 7.69. The molecule has 0 unspecified atom stereocenters. The van der Waals surface area contributed by atoms with Crippen LogP contribution in [-0.4, -0.2) is 18.3 Å². The summed E-state index contributed by atoms with van der Waals surface area (Å²) in [6, 6.07) is 0. The van der Waals surface area contributed by atoms with E-state index in [2.05, 4.69) is 13.8 Å². The van der Waals surface area contributed by atoms with Crippen molar-refractivity contribution in [2.45, 2.75) is 129 Å². The molecule has 0 atom stereocenters. The average Bonchev–Trinajstić information content (AvgIpc) is 2.64. The smallest absolute Gasteiger partial charge is 0.187 e. The highest BCUT2D eigenvalue weighted by Crippen LogP contribution is 2.10. The molecule has 0 rings (SSSR count). The van der Waals surface area contributed by atoms with Gasteiger partial charge in [0.05, 0.1) is 0 Å². The maximum absolute atomic E-state index is 11.4. The molecule has 0 heterocycles. The van der Waals surface area contributed by atoms with Crippen LogP contribution in [-0.2, 0) is 9.68 Å². The van der Waals surface area contributed by atoms with Crippen LogP contribution in [0.2, 0.25) is 0 Å². The van der Waals surface area contributed by atoms with Crippen molar-refractivity contribution in [3.8, 4) is 0 Å². The second-order valence-electron chi connectivity index (χ2n) is 7.55. The Kier molecular flexibility index (Phi) is 21.6. The van der Waals surface area contributed by atoms with E-state index < -0.39 is 0 Å². The highest BCUT2D eigenvalue weighted by molar-refractivity contribution is 4.47. The Balaban J connectivity index is 3.13. The molecule has 0 radical (unpaired) electrons. The molecule has 0 saturated carbocycles. The number of hydrogen-bond donors (Lipinski definition) is 0. The van der Waals surface area contributed by atoms with E-state index in [4.69, 9.17) is 9.68 Å². The van der Waals surface area contributed by atoms with Crippen LogP contribution >= 0.6 is 0 Å². The third-order valence-corrected chi connectivity index (χ3v) is 4.89. The van der Waals surface area contributed by atoms with Crippen LogP contribution in [0, 0.1) is 4.91 Å². The van der Waals surface area contributed by atoms with E-state index in [1.54, 1.807) is 0 Å². The first-order valence-corrected chi connectivity index (χ1v) is 11.5. The Bertz CT molecular complexity index is 259. The van der Waals surface area contributed by atoms with E-state index in [9.17, 15) is 4.91 Å². The van der Waals surface area contributed by atoms with Gasteiger partial charge in [-0.05, 0) is 25.7 Å². The lowest BCUT2D eigenvalue weighted by Crippen LogP contribution is -2.12. The molecule has 4 nitrogen and oxygen atoms in total. The fourth-order valence-electron chi connectivity index (χ4n) is 3.14. The maximum Gasteiger partial charge on any atom is 0.477 e.